The molecule has 1 amide bonds. The lowest BCUT2D eigenvalue weighted by Crippen LogP contribution is -2.30. The number of esters is 1. The molecular formula is C16H16BrNO4S. The smallest absolute Gasteiger partial charge is 0.348 e. The molecular weight excluding hydrogens is 382 g/mol. The molecule has 0 aliphatic heterocycles. The van der Waals surface area contributed by atoms with Crippen LogP contribution in [0.15, 0.2) is 40.2 Å². The van der Waals surface area contributed by atoms with Gasteiger partial charge in [-0.3, -0.25) is 4.79 Å². The molecule has 1 aromatic carbocycles. The van der Waals surface area contributed by atoms with Crippen molar-refractivity contribution >= 4 is 39.1 Å². The molecule has 0 aliphatic carbocycles. The van der Waals surface area contributed by atoms with Gasteiger partial charge in [-0.05, 0) is 52.2 Å². The summed E-state index contributed by atoms with van der Waals surface area (Å²) < 4.78 is 10.9. The first-order chi connectivity index (χ1) is 11.1. The minimum atomic E-state index is -0.494. The van der Waals surface area contributed by atoms with Crippen LogP contribution in [0.2, 0.25) is 0 Å². The molecule has 0 spiro atoms. The van der Waals surface area contributed by atoms with Crippen molar-refractivity contribution in [2.75, 3.05) is 20.3 Å². The molecule has 5 nitrogen and oxygen atoms in total. The molecule has 0 aliphatic rings. The second-order valence-electron chi connectivity index (χ2n) is 4.63. The summed E-state index contributed by atoms with van der Waals surface area (Å²) in [6, 6.07) is 11.0. The zero-order valence-electron chi connectivity index (χ0n) is 12.5. The van der Waals surface area contributed by atoms with Crippen LogP contribution in [0.5, 0.6) is 5.75 Å². The van der Waals surface area contributed by atoms with Crippen LogP contribution < -0.4 is 10.1 Å². The van der Waals surface area contributed by atoms with Gasteiger partial charge in [-0.15, -0.1) is 11.3 Å². The molecule has 2 rings (SSSR count). The molecule has 0 atom stereocenters. The highest BCUT2D eigenvalue weighted by atomic mass is 79.9. The van der Waals surface area contributed by atoms with Gasteiger partial charge in [0.25, 0.3) is 5.91 Å². The number of halogens is 1. The summed E-state index contributed by atoms with van der Waals surface area (Å²) in [6.45, 7) is 0.199. The van der Waals surface area contributed by atoms with E-state index in [9.17, 15) is 9.59 Å². The fraction of sp³-hybridized carbons (Fsp3) is 0.250. The van der Waals surface area contributed by atoms with Gasteiger partial charge in [-0.2, -0.15) is 0 Å². The number of rotatable bonds is 7. The zero-order chi connectivity index (χ0) is 16.7. The summed E-state index contributed by atoms with van der Waals surface area (Å²) in [7, 11) is 1.62. The summed E-state index contributed by atoms with van der Waals surface area (Å²) in [5.74, 6) is -0.0154. The highest BCUT2D eigenvalue weighted by Gasteiger charge is 2.12. The molecule has 7 heteroatoms. The fourth-order valence-corrected chi connectivity index (χ4v) is 3.10. The predicted molar refractivity (Wildman–Crippen MR) is 92.0 cm³/mol. The first kappa shape index (κ1) is 17.5. The molecule has 23 heavy (non-hydrogen) atoms. The number of thiophene rings is 1. The number of hydrogen-bond donors (Lipinski definition) is 1. The maximum atomic E-state index is 11.7. The molecule has 1 aromatic heterocycles. The zero-order valence-corrected chi connectivity index (χ0v) is 14.9. The van der Waals surface area contributed by atoms with Gasteiger partial charge in [0.05, 0.1) is 10.9 Å². The molecule has 0 radical (unpaired) electrons. The van der Waals surface area contributed by atoms with E-state index in [2.05, 4.69) is 21.2 Å². The molecule has 0 saturated carbocycles. The monoisotopic (exact) mass is 397 g/mol. The van der Waals surface area contributed by atoms with Gasteiger partial charge in [-0.1, -0.05) is 12.1 Å². The summed E-state index contributed by atoms with van der Waals surface area (Å²) in [5, 5.41) is 2.72. The number of nitrogens with one attached hydrogen (secondary N) is 1. The maximum absolute atomic E-state index is 11.7. The Morgan fingerprint density at radius 3 is 2.52 bits per heavy atom. The largest absolute Gasteiger partial charge is 0.497 e. The van der Waals surface area contributed by atoms with Crippen molar-refractivity contribution < 1.29 is 19.1 Å². The average molecular weight is 398 g/mol. The SMILES string of the molecule is COc1ccc(CCNC(=O)COC(=O)c2ccc(Br)s2)cc1. The van der Waals surface area contributed by atoms with E-state index in [1.807, 2.05) is 24.3 Å². The van der Waals surface area contributed by atoms with E-state index in [1.165, 1.54) is 11.3 Å². The lowest BCUT2D eigenvalue weighted by Gasteiger charge is -2.06. The number of benzene rings is 1. The molecule has 1 N–H and O–H groups in total. The van der Waals surface area contributed by atoms with E-state index < -0.39 is 5.97 Å². The first-order valence-corrected chi connectivity index (χ1v) is 8.51. The highest BCUT2D eigenvalue weighted by molar-refractivity contribution is 9.11. The van der Waals surface area contributed by atoms with Crippen LogP contribution in [0.4, 0.5) is 0 Å². The quantitative estimate of drug-likeness (QED) is 0.729. The summed E-state index contributed by atoms with van der Waals surface area (Å²) in [5.41, 5.74) is 1.09. The van der Waals surface area contributed by atoms with E-state index in [-0.39, 0.29) is 12.5 Å². The van der Waals surface area contributed by atoms with Crippen molar-refractivity contribution in [3.8, 4) is 5.75 Å². The van der Waals surface area contributed by atoms with Gasteiger partial charge >= 0.3 is 5.97 Å². The fourth-order valence-electron chi connectivity index (χ4n) is 1.82. The number of carbonyl (C=O) groups excluding carboxylic acids is 2. The van der Waals surface area contributed by atoms with Gasteiger partial charge in [0, 0.05) is 6.54 Å². The van der Waals surface area contributed by atoms with Crippen molar-refractivity contribution in [3.05, 3.63) is 50.6 Å². The lowest BCUT2D eigenvalue weighted by molar-refractivity contribution is -0.124. The van der Waals surface area contributed by atoms with Gasteiger partial charge in [0.2, 0.25) is 0 Å². The third-order valence-electron chi connectivity index (χ3n) is 3.00. The van der Waals surface area contributed by atoms with E-state index in [0.717, 1.165) is 15.1 Å². The molecule has 122 valence electrons. The predicted octanol–water partition coefficient (Wildman–Crippen LogP) is 3.03. The minimum Gasteiger partial charge on any atom is -0.497 e. The van der Waals surface area contributed by atoms with Gasteiger partial charge in [0.15, 0.2) is 6.61 Å². The van der Waals surface area contributed by atoms with Crippen molar-refractivity contribution in [1.29, 1.82) is 0 Å². The standard InChI is InChI=1S/C16H16BrNO4S/c1-21-12-4-2-11(3-5-12)8-9-18-15(19)10-22-16(20)13-6-7-14(17)23-13/h2-7H,8-10H2,1H3,(H,18,19). The molecule has 0 unspecified atom stereocenters. The Bertz CT molecular complexity index is 669. The number of amides is 1. The Morgan fingerprint density at radius 1 is 1.17 bits per heavy atom. The summed E-state index contributed by atoms with van der Waals surface area (Å²) >= 11 is 4.54. The Morgan fingerprint density at radius 2 is 1.91 bits per heavy atom. The Labute approximate surface area is 146 Å². The third-order valence-corrected chi connectivity index (χ3v) is 4.61. The second-order valence-corrected chi connectivity index (χ2v) is 7.09. The number of methoxy groups -OCH3 is 1. The van der Waals surface area contributed by atoms with Crippen molar-refractivity contribution in [2.24, 2.45) is 0 Å². The van der Waals surface area contributed by atoms with E-state index in [0.29, 0.717) is 17.8 Å². The van der Waals surface area contributed by atoms with Crippen LogP contribution in [-0.4, -0.2) is 32.1 Å². The highest BCUT2D eigenvalue weighted by Crippen LogP contribution is 2.22. The summed E-state index contributed by atoms with van der Waals surface area (Å²) in [6.07, 6.45) is 0.696. The maximum Gasteiger partial charge on any atom is 0.348 e. The van der Waals surface area contributed by atoms with Crippen LogP contribution in [0.1, 0.15) is 15.2 Å². The molecule has 1 heterocycles. The third kappa shape index (κ3) is 5.69. The van der Waals surface area contributed by atoms with Crippen molar-refractivity contribution in [3.63, 3.8) is 0 Å². The molecule has 0 saturated heterocycles. The number of hydrogen-bond acceptors (Lipinski definition) is 5. The van der Waals surface area contributed by atoms with E-state index in [4.69, 9.17) is 9.47 Å². The van der Waals surface area contributed by atoms with E-state index >= 15 is 0 Å². The molecule has 2 aromatic rings. The second kappa shape index (κ2) is 8.69. The van der Waals surface area contributed by atoms with Crippen molar-refractivity contribution in [2.45, 2.75) is 6.42 Å². The van der Waals surface area contributed by atoms with Crippen LogP contribution in [0, 0.1) is 0 Å². The van der Waals surface area contributed by atoms with Crippen LogP contribution in [0.25, 0.3) is 0 Å². The summed E-state index contributed by atoms with van der Waals surface area (Å²) in [4.78, 5) is 23.8. The Balaban J connectivity index is 1.67. The lowest BCUT2D eigenvalue weighted by atomic mass is 10.1. The van der Waals surface area contributed by atoms with Crippen LogP contribution in [-0.2, 0) is 16.0 Å². The minimum absolute atomic E-state index is 0.281. The first-order valence-electron chi connectivity index (χ1n) is 6.90. The Hall–Kier alpha value is -1.86. The van der Waals surface area contributed by atoms with Crippen LogP contribution in [0.3, 0.4) is 0 Å². The number of ether oxygens (including phenoxy) is 2. The Kier molecular flexibility index (Phi) is 6.61. The van der Waals surface area contributed by atoms with Gasteiger partial charge in [0.1, 0.15) is 10.6 Å². The van der Waals surface area contributed by atoms with Crippen LogP contribution >= 0.6 is 27.3 Å². The average Bonchev–Trinajstić information content (AvgIpc) is 3.00. The molecule has 0 fully saturated rings. The topological polar surface area (TPSA) is 64.6 Å². The van der Waals surface area contributed by atoms with Crippen molar-refractivity contribution in [1.82, 2.24) is 5.32 Å². The van der Waals surface area contributed by atoms with E-state index in [1.54, 1.807) is 19.2 Å². The van der Waals surface area contributed by atoms with Gasteiger partial charge < -0.3 is 14.8 Å². The normalized spacial score (nSPS) is 10.2. The molecule has 0 bridgehead atoms. The van der Waals surface area contributed by atoms with Gasteiger partial charge in [-0.25, -0.2) is 4.79 Å². The number of carbonyl (C=O) groups is 2.